The van der Waals surface area contributed by atoms with Crippen molar-refractivity contribution in [3.8, 4) is 0 Å². The van der Waals surface area contributed by atoms with E-state index in [1.807, 2.05) is 6.92 Å². The third-order valence-corrected chi connectivity index (χ3v) is 4.39. The van der Waals surface area contributed by atoms with Gasteiger partial charge in [-0.2, -0.15) is 13.2 Å². The molecule has 0 N–H and O–H groups in total. The van der Waals surface area contributed by atoms with Crippen molar-refractivity contribution in [2.45, 2.75) is 24.7 Å². The lowest BCUT2D eigenvalue weighted by Gasteiger charge is -2.19. The molecule has 1 amide bonds. The second-order valence-corrected chi connectivity index (χ2v) is 6.47. The number of aromatic nitrogens is 1. The fourth-order valence-electron chi connectivity index (χ4n) is 2.14. The monoisotopic (exact) mass is 372 g/mol. The van der Waals surface area contributed by atoms with E-state index in [2.05, 4.69) is 4.98 Å². The highest BCUT2D eigenvalue weighted by molar-refractivity contribution is 7.99. The number of thioether (sulfide) groups is 1. The van der Waals surface area contributed by atoms with Crippen LogP contribution in [0.3, 0.4) is 0 Å². The molecule has 134 valence electrons. The molecule has 0 saturated heterocycles. The summed E-state index contributed by atoms with van der Waals surface area (Å²) in [5.74, 6) is 0.367. The maximum atomic E-state index is 12.8. The van der Waals surface area contributed by atoms with Crippen LogP contribution in [-0.4, -0.2) is 23.7 Å². The van der Waals surface area contributed by atoms with E-state index in [0.717, 1.165) is 12.1 Å². The maximum Gasteiger partial charge on any atom is 0.417 e. The lowest BCUT2D eigenvalue weighted by Crippen LogP contribution is -2.27. The largest absolute Gasteiger partial charge is 0.417 e. The molecule has 0 fully saturated rings. The van der Waals surface area contributed by atoms with E-state index in [0.29, 0.717) is 28.0 Å². The Balaban J connectivity index is 2.30. The Labute approximate surface area is 147 Å². The van der Waals surface area contributed by atoms with E-state index in [9.17, 15) is 22.4 Å². The first-order chi connectivity index (χ1) is 11.8. The SMILES string of the molecule is CCSc1cc(CF)ccc1C(=O)N(C)c1ccc(C(F)(F)F)cn1. The van der Waals surface area contributed by atoms with E-state index in [1.165, 1.54) is 35.8 Å². The number of carbonyl (C=O) groups is 1. The van der Waals surface area contributed by atoms with E-state index >= 15 is 0 Å². The first-order valence-corrected chi connectivity index (χ1v) is 8.39. The van der Waals surface area contributed by atoms with Crippen LogP contribution in [0, 0.1) is 0 Å². The summed E-state index contributed by atoms with van der Waals surface area (Å²) in [6, 6.07) is 6.66. The van der Waals surface area contributed by atoms with Crippen molar-refractivity contribution in [1.82, 2.24) is 4.98 Å². The summed E-state index contributed by atoms with van der Waals surface area (Å²) in [6.07, 6.45) is -3.80. The molecule has 0 atom stereocenters. The average Bonchev–Trinajstić information content (AvgIpc) is 2.60. The molecule has 0 spiro atoms. The van der Waals surface area contributed by atoms with Gasteiger partial charge in [-0.15, -0.1) is 11.8 Å². The van der Waals surface area contributed by atoms with Crippen LogP contribution in [0.15, 0.2) is 41.4 Å². The zero-order chi connectivity index (χ0) is 18.6. The Bertz CT molecular complexity index is 747. The Kier molecular flexibility index (Phi) is 6.05. The molecule has 0 unspecified atom stereocenters. The van der Waals surface area contributed by atoms with Gasteiger partial charge < -0.3 is 0 Å². The van der Waals surface area contributed by atoms with Crippen LogP contribution in [0.4, 0.5) is 23.4 Å². The van der Waals surface area contributed by atoms with Crippen LogP contribution >= 0.6 is 11.8 Å². The van der Waals surface area contributed by atoms with Crippen LogP contribution in [0.5, 0.6) is 0 Å². The highest BCUT2D eigenvalue weighted by Crippen LogP contribution is 2.30. The van der Waals surface area contributed by atoms with E-state index in [1.54, 1.807) is 6.07 Å². The highest BCUT2D eigenvalue weighted by Gasteiger charge is 2.31. The van der Waals surface area contributed by atoms with Gasteiger partial charge in [-0.1, -0.05) is 13.0 Å². The predicted octanol–water partition coefficient (Wildman–Crippen LogP) is 4.96. The van der Waals surface area contributed by atoms with Crippen molar-refractivity contribution in [3.05, 3.63) is 53.2 Å². The van der Waals surface area contributed by atoms with Crippen LogP contribution in [-0.2, 0) is 12.9 Å². The number of pyridine rings is 1. The minimum Gasteiger partial charge on any atom is -0.296 e. The Hall–Kier alpha value is -2.09. The topological polar surface area (TPSA) is 33.2 Å². The molecule has 1 aromatic heterocycles. The van der Waals surface area contributed by atoms with Gasteiger partial charge >= 0.3 is 6.18 Å². The maximum absolute atomic E-state index is 12.8. The van der Waals surface area contributed by atoms with E-state index in [-0.39, 0.29) is 5.82 Å². The fraction of sp³-hybridized carbons (Fsp3) is 0.294. The number of hydrogen-bond donors (Lipinski definition) is 0. The zero-order valence-corrected chi connectivity index (χ0v) is 14.4. The molecule has 0 aliphatic carbocycles. The fourth-order valence-corrected chi connectivity index (χ4v) is 2.99. The number of nitrogens with zero attached hydrogens (tertiary/aromatic N) is 2. The van der Waals surface area contributed by atoms with Crippen LogP contribution in [0.2, 0.25) is 0 Å². The van der Waals surface area contributed by atoms with Gasteiger partial charge in [-0.25, -0.2) is 9.37 Å². The van der Waals surface area contributed by atoms with Crippen LogP contribution < -0.4 is 4.90 Å². The molecular formula is C17H16F4N2OS. The average molecular weight is 372 g/mol. The number of hydrogen-bond acceptors (Lipinski definition) is 3. The summed E-state index contributed by atoms with van der Waals surface area (Å²) >= 11 is 1.39. The van der Waals surface area contributed by atoms with Crippen molar-refractivity contribution in [1.29, 1.82) is 0 Å². The minimum absolute atomic E-state index is 0.0972. The van der Waals surface area contributed by atoms with Gasteiger partial charge in [0.2, 0.25) is 0 Å². The van der Waals surface area contributed by atoms with Gasteiger partial charge in [0, 0.05) is 18.1 Å². The van der Waals surface area contributed by atoms with Crippen molar-refractivity contribution < 1.29 is 22.4 Å². The number of halogens is 4. The van der Waals surface area contributed by atoms with Crippen LogP contribution in [0.1, 0.15) is 28.4 Å². The van der Waals surface area contributed by atoms with Crippen molar-refractivity contribution in [3.63, 3.8) is 0 Å². The third-order valence-electron chi connectivity index (χ3n) is 3.45. The standard InChI is InChI=1S/C17H16F4N2OS/c1-3-25-14-8-11(9-18)4-6-13(14)16(24)23(2)15-7-5-12(10-22-15)17(19,20)21/h4-8,10H,3,9H2,1-2H3. The number of rotatable bonds is 5. The quantitative estimate of drug-likeness (QED) is 0.549. The van der Waals surface area contributed by atoms with E-state index < -0.39 is 24.3 Å². The first kappa shape index (κ1) is 19.2. The smallest absolute Gasteiger partial charge is 0.296 e. The summed E-state index contributed by atoms with van der Waals surface area (Å²) in [6.45, 7) is 1.27. The van der Waals surface area contributed by atoms with Crippen molar-refractivity contribution in [2.75, 3.05) is 17.7 Å². The summed E-state index contributed by atoms with van der Waals surface area (Å²) in [5.41, 5.74) is -0.0670. The molecule has 25 heavy (non-hydrogen) atoms. The van der Waals surface area contributed by atoms with Crippen LogP contribution in [0.25, 0.3) is 0 Å². The van der Waals surface area contributed by atoms with Gasteiger partial charge in [-0.3, -0.25) is 9.69 Å². The molecule has 0 radical (unpaired) electrons. The van der Waals surface area contributed by atoms with Crippen molar-refractivity contribution in [2.24, 2.45) is 0 Å². The lowest BCUT2D eigenvalue weighted by molar-refractivity contribution is -0.137. The summed E-state index contributed by atoms with van der Waals surface area (Å²) in [7, 11) is 1.43. The second-order valence-electron chi connectivity index (χ2n) is 5.16. The van der Waals surface area contributed by atoms with Gasteiger partial charge in [0.25, 0.3) is 5.91 Å². The van der Waals surface area contributed by atoms with Gasteiger partial charge in [-0.05, 0) is 35.6 Å². The molecule has 0 aliphatic heterocycles. The summed E-state index contributed by atoms with van der Waals surface area (Å²) < 4.78 is 50.6. The lowest BCUT2D eigenvalue weighted by atomic mass is 10.1. The molecule has 2 aromatic rings. The normalized spacial score (nSPS) is 11.4. The molecule has 0 aliphatic rings. The summed E-state index contributed by atoms with van der Waals surface area (Å²) in [4.78, 5) is 18.2. The third kappa shape index (κ3) is 4.50. The molecule has 0 bridgehead atoms. The molecule has 3 nitrogen and oxygen atoms in total. The molecular weight excluding hydrogens is 356 g/mol. The number of anilines is 1. The Morgan fingerprint density at radius 2 is 1.96 bits per heavy atom. The number of benzene rings is 1. The molecule has 2 rings (SSSR count). The Morgan fingerprint density at radius 1 is 1.24 bits per heavy atom. The van der Waals surface area contributed by atoms with Gasteiger partial charge in [0.15, 0.2) is 0 Å². The highest BCUT2D eigenvalue weighted by atomic mass is 32.2. The Morgan fingerprint density at radius 3 is 2.48 bits per heavy atom. The molecule has 8 heteroatoms. The molecule has 1 aromatic carbocycles. The van der Waals surface area contributed by atoms with Gasteiger partial charge in [0.05, 0.1) is 11.1 Å². The van der Waals surface area contributed by atoms with Gasteiger partial charge in [0.1, 0.15) is 12.5 Å². The summed E-state index contributed by atoms with van der Waals surface area (Å²) in [5, 5.41) is 0. The minimum atomic E-state index is -4.48. The first-order valence-electron chi connectivity index (χ1n) is 7.41. The second kappa shape index (κ2) is 7.86. The zero-order valence-electron chi connectivity index (χ0n) is 13.6. The molecule has 1 heterocycles. The number of amides is 1. The van der Waals surface area contributed by atoms with E-state index in [4.69, 9.17) is 0 Å². The number of carbonyl (C=O) groups excluding carboxylic acids is 1. The predicted molar refractivity (Wildman–Crippen MR) is 89.6 cm³/mol. The number of alkyl halides is 4. The van der Waals surface area contributed by atoms with Crippen molar-refractivity contribution >= 4 is 23.5 Å². The molecule has 0 saturated carbocycles.